The molecule has 0 fully saturated rings. The largest absolute Gasteiger partial charge is 0.396 e. The Morgan fingerprint density at radius 3 is 2.47 bits per heavy atom. The molecule has 1 rings (SSSR count). The molecule has 15 heavy (non-hydrogen) atoms. The lowest BCUT2D eigenvalue weighted by molar-refractivity contribution is 0.567. The van der Waals surface area contributed by atoms with Gasteiger partial charge in [-0.3, -0.25) is 0 Å². The van der Waals surface area contributed by atoms with Crippen molar-refractivity contribution >= 4 is 11.5 Å². The van der Waals surface area contributed by atoms with Crippen molar-refractivity contribution in [2.75, 3.05) is 17.2 Å². The van der Waals surface area contributed by atoms with Gasteiger partial charge in [0.25, 0.3) is 0 Å². The van der Waals surface area contributed by atoms with Gasteiger partial charge >= 0.3 is 0 Å². The van der Waals surface area contributed by atoms with Crippen LogP contribution in [0.1, 0.15) is 27.7 Å². The van der Waals surface area contributed by atoms with Gasteiger partial charge in [0.2, 0.25) is 0 Å². The van der Waals surface area contributed by atoms with E-state index in [2.05, 4.69) is 37.6 Å². The Bertz CT molecular complexity index is 307. The second kappa shape index (κ2) is 5.01. The maximum atomic E-state index is 5.93. The van der Waals surface area contributed by atoms with Crippen molar-refractivity contribution in [2.45, 2.75) is 33.7 Å². The van der Waals surface area contributed by atoms with Crippen LogP contribution in [0.3, 0.4) is 0 Å². The highest BCUT2D eigenvalue weighted by Gasteiger charge is 2.15. The SMILES string of the molecule is CC(C)CN(c1ncccc1N)C(C)C. The van der Waals surface area contributed by atoms with Crippen molar-refractivity contribution in [3.63, 3.8) is 0 Å². The predicted octanol–water partition coefficient (Wildman–Crippen LogP) is 2.53. The Morgan fingerprint density at radius 2 is 2.00 bits per heavy atom. The van der Waals surface area contributed by atoms with Crippen molar-refractivity contribution in [3.8, 4) is 0 Å². The summed E-state index contributed by atoms with van der Waals surface area (Å²) in [7, 11) is 0. The minimum atomic E-state index is 0.421. The lowest BCUT2D eigenvalue weighted by Gasteiger charge is -2.30. The Morgan fingerprint density at radius 1 is 1.33 bits per heavy atom. The van der Waals surface area contributed by atoms with E-state index in [9.17, 15) is 0 Å². The third-order valence-electron chi connectivity index (χ3n) is 2.27. The molecule has 0 aromatic carbocycles. The average Bonchev–Trinajstić information content (AvgIpc) is 2.15. The fourth-order valence-corrected chi connectivity index (χ4v) is 1.58. The lowest BCUT2D eigenvalue weighted by atomic mass is 10.1. The Balaban J connectivity index is 2.94. The van der Waals surface area contributed by atoms with Crippen molar-refractivity contribution < 1.29 is 0 Å². The summed E-state index contributed by atoms with van der Waals surface area (Å²) in [5.74, 6) is 1.51. The summed E-state index contributed by atoms with van der Waals surface area (Å²) >= 11 is 0. The molecule has 0 unspecified atom stereocenters. The average molecular weight is 207 g/mol. The van der Waals surface area contributed by atoms with Gasteiger partial charge in [-0.1, -0.05) is 13.8 Å². The quantitative estimate of drug-likeness (QED) is 0.825. The van der Waals surface area contributed by atoms with Gasteiger partial charge in [0.15, 0.2) is 5.82 Å². The van der Waals surface area contributed by atoms with Crippen LogP contribution in [0.2, 0.25) is 0 Å². The second-order valence-corrected chi connectivity index (χ2v) is 4.56. The monoisotopic (exact) mass is 207 g/mol. The molecule has 3 heteroatoms. The van der Waals surface area contributed by atoms with Crippen molar-refractivity contribution in [2.24, 2.45) is 5.92 Å². The first-order valence-corrected chi connectivity index (χ1v) is 5.49. The summed E-state index contributed by atoms with van der Waals surface area (Å²) in [5.41, 5.74) is 6.69. The highest BCUT2D eigenvalue weighted by Crippen LogP contribution is 2.22. The molecule has 0 atom stereocenters. The van der Waals surface area contributed by atoms with Crippen LogP contribution < -0.4 is 10.6 Å². The fourth-order valence-electron chi connectivity index (χ4n) is 1.58. The number of rotatable bonds is 4. The summed E-state index contributed by atoms with van der Waals surface area (Å²) in [4.78, 5) is 6.60. The molecule has 0 spiro atoms. The number of nitrogens with two attached hydrogens (primary N) is 1. The maximum Gasteiger partial charge on any atom is 0.151 e. The summed E-state index contributed by atoms with van der Waals surface area (Å²) in [6.07, 6.45) is 1.79. The zero-order chi connectivity index (χ0) is 11.4. The van der Waals surface area contributed by atoms with Gasteiger partial charge in [0, 0.05) is 18.8 Å². The molecule has 84 valence electrons. The molecular formula is C12H21N3. The van der Waals surface area contributed by atoms with E-state index < -0.39 is 0 Å². The normalized spacial score (nSPS) is 11.1. The van der Waals surface area contributed by atoms with Gasteiger partial charge in [-0.25, -0.2) is 4.98 Å². The van der Waals surface area contributed by atoms with Gasteiger partial charge in [0.05, 0.1) is 5.69 Å². The standard InChI is InChI=1S/C12H21N3/c1-9(2)8-15(10(3)4)12-11(13)6-5-7-14-12/h5-7,9-10H,8,13H2,1-4H3. The molecule has 0 saturated carbocycles. The van der Waals surface area contributed by atoms with Crippen LogP contribution in [0.4, 0.5) is 11.5 Å². The predicted molar refractivity (Wildman–Crippen MR) is 66.0 cm³/mol. The highest BCUT2D eigenvalue weighted by atomic mass is 15.2. The van der Waals surface area contributed by atoms with Gasteiger partial charge < -0.3 is 10.6 Å². The molecule has 0 bridgehead atoms. The van der Waals surface area contributed by atoms with Crippen LogP contribution in [-0.2, 0) is 0 Å². The van der Waals surface area contributed by atoms with E-state index >= 15 is 0 Å². The van der Waals surface area contributed by atoms with E-state index in [-0.39, 0.29) is 0 Å². The van der Waals surface area contributed by atoms with E-state index in [1.165, 1.54) is 0 Å². The van der Waals surface area contributed by atoms with Crippen LogP contribution >= 0.6 is 0 Å². The smallest absolute Gasteiger partial charge is 0.151 e. The molecule has 0 aliphatic heterocycles. The van der Waals surface area contributed by atoms with Gasteiger partial charge in [-0.2, -0.15) is 0 Å². The first-order chi connectivity index (χ1) is 7.02. The molecular weight excluding hydrogens is 186 g/mol. The van der Waals surface area contributed by atoms with Crippen molar-refractivity contribution in [1.82, 2.24) is 4.98 Å². The van der Waals surface area contributed by atoms with E-state index in [1.54, 1.807) is 6.20 Å². The topological polar surface area (TPSA) is 42.2 Å². The molecule has 1 aromatic rings. The molecule has 0 radical (unpaired) electrons. The minimum Gasteiger partial charge on any atom is -0.396 e. The summed E-state index contributed by atoms with van der Waals surface area (Å²) in [6.45, 7) is 9.72. The van der Waals surface area contributed by atoms with E-state index in [4.69, 9.17) is 5.73 Å². The number of hydrogen-bond donors (Lipinski definition) is 1. The third kappa shape index (κ3) is 3.11. The Kier molecular flexibility index (Phi) is 3.95. The number of anilines is 2. The van der Waals surface area contributed by atoms with Crippen molar-refractivity contribution in [1.29, 1.82) is 0 Å². The molecule has 0 saturated heterocycles. The van der Waals surface area contributed by atoms with E-state index in [0.29, 0.717) is 12.0 Å². The molecule has 2 N–H and O–H groups in total. The Labute approximate surface area is 92.3 Å². The first kappa shape index (κ1) is 11.8. The number of nitrogen functional groups attached to an aromatic ring is 1. The van der Waals surface area contributed by atoms with Crippen LogP contribution in [0.5, 0.6) is 0 Å². The highest BCUT2D eigenvalue weighted by molar-refractivity contribution is 5.62. The summed E-state index contributed by atoms with van der Waals surface area (Å²) < 4.78 is 0. The Hall–Kier alpha value is -1.25. The minimum absolute atomic E-state index is 0.421. The molecule has 1 heterocycles. The van der Waals surface area contributed by atoms with Crippen LogP contribution in [0.25, 0.3) is 0 Å². The lowest BCUT2D eigenvalue weighted by Crippen LogP contribution is -2.35. The summed E-state index contributed by atoms with van der Waals surface area (Å²) in [5, 5.41) is 0. The van der Waals surface area contributed by atoms with Crippen molar-refractivity contribution in [3.05, 3.63) is 18.3 Å². The molecule has 3 nitrogen and oxygen atoms in total. The zero-order valence-electron chi connectivity index (χ0n) is 10.1. The number of hydrogen-bond acceptors (Lipinski definition) is 3. The molecule has 1 aromatic heterocycles. The fraction of sp³-hybridized carbons (Fsp3) is 0.583. The van der Waals surface area contributed by atoms with Gasteiger partial charge in [-0.05, 0) is 31.9 Å². The van der Waals surface area contributed by atoms with Crippen LogP contribution in [-0.4, -0.2) is 17.6 Å². The van der Waals surface area contributed by atoms with E-state index in [1.807, 2.05) is 12.1 Å². The van der Waals surface area contributed by atoms with Crippen LogP contribution in [0.15, 0.2) is 18.3 Å². The first-order valence-electron chi connectivity index (χ1n) is 5.49. The summed E-state index contributed by atoms with van der Waals surface area (Å²) in [6, 6.07) is 4.19. The van der Waals surface area contributed by atoms with Crippen LogP contribution in [0, 0.1) is 5.92 Å². The zero-order valence-corrected chi connectivity index (χ0v) is 10.1. The number of pyridine rings is 1. The molecule has 0 amide bonds. The van der Waals surface area contributed by atoms with Gasteiger partial charge in [0.1, 0.15) is 0 Å². The second-order valence-electron chi connectivity index (χ2n) is 4.56. The number of nitrogens with zero attached hydrogens (tertiary/aromatic N) is 2. The third-order valence-corrected chi connectivity index (χ3v) is 2.27. The maximum absolute atomic E-state index is 5.93. The molecule has 0 aliphatic carbocycles. The van der Waals surface area contributed by atoms with E-state index in [0.717, 1.165) is 18.1 Å². The van der Waals surface area contributed by atoms with Gasteiger partial charge in [-0.15, -0.1) is 0 Å². The molecule has 0 aliphatic rings. The number of aromatic nitrogens is 1.